The molecule has 2 aliphatic heterocycles. The first-order chi connectivity index (χ1) is 15.0. The van der Waals surface area contributed by atoms with Crippen molar-refractivity contribution in [3.05, 3.63) is 34.9 Å². The van der Waals surface area contributed by atoms with Gasteiger partial charge in [0.2, 0.25) is 0 Å². The predicted octanol–water partition coefficient (Wildman–Crippen LogP) is 3.41. The lowest BCUT2D eigenvalue weighted by Gasteiger charge is -2.56. The smallest absolute Gasteiger partial charge is 0.261 e. The second kappa shape index (κ2) is 7.16. The number of fused-ring (bicyclic) bond motifs is 1. The van der Waals surface area contributed by atoms with Crippen molar-refractivity contribution < 1.29 is 19.1 Å². The number of amides is 3. The summed E-state index contributed by atoms with van der Waals surface area (Å²) >= 11 is 0. The molecule has 31 heavy (non-hydrogen) atoms. The zero-order valence-electron chi connectivity index (χ0n) is 17.9. The first-order valence-electron chi connectivity index (χ1n) is 11.9. The van der Waals surface area contributed by atoms with E-state index in [4.69, 9.17) is 4.74 Å². The molecular formula is C25H30N2O4. The van der Waals surface area contributed by atoms with Crippen LogP contribution in [0.5, 0.6) is 0 Å². The Balaban J connectivity index is 1.15. The summed E-state index contributed by atoms with van der Waals surface area (Å²) in [5.74, 6) is 1.81. The molecule has 1 aromatic rings. The number of nitrogens with zero attached hydrogens (tertiary/aromatic N) is 1. The van der Waals surface area contributed by atoms with Gasteiger partial charge in [0.25, 0.3) is 17.7 Å². The van der Waals surface area contributed by atoms with E-state index in [1.165, 1.54) is 43.4 Å². The van der Waals surface area contributed by atoms with Crippen molar-refractivity contribution in [1.29, 1.82) is 0 Å². The Kier molecular flexibility index (Phi) is 4.50. The van der Waals surface area contributed by atoms with Crippen LogP contribution < -0.4 is 5.32 Å². The Morgan fingerprint density at radius 2 is 1.71 bits per heavy atom. The molecule has 0 radical (unpaired) electrons. The fourth-order valence-electron chi connectivity index (χ4n) is 7.47. The first kappa shape index (κ1) is 19.5. The molecule has 1 atom stereocenters. The van der Waals surface area contributed by atoms with Crippen LogP contribution >= 0.6 is 0 Å². The number of hydrogen-bond donors (Lipinski definition) is 1. The molecule has 6 aliphatic rings. The van der Waals surface area contributed by atoms with Crippen LogP contribution in [0.4, 0.5) is 0 Å². The summed E-state index contributed by atoms with van der Waals surface area (Å²) in [6.45, 7) is 1.70. The van der Waals surface area contributed by atoms with E-state index in [2.05, 4.69) is 5.32 Å². The van der Waals surface area contributed by atoms with Gasteiger partial charge in [0.15, 0.2) is 0 Å². The molecule has 1 unspecified atom stereocenters. The molecule has 4 bridgehead atoms. The van der Waals surface area contributed by atoms with Gasteiger partial charge in [-0.3, -0.25) is 19.3 Å². The van der Waals surface area contributed by atoms with Crippen molar-refractivity contribution in [2.75, 3.05) is 19.7 Å². The Morgan fingerprint density at radius 3 is 2.35 bits per heavy atom. The fourth-order valence-corrected chi connectivity index (χ4v) is 7.47. The van der Waals surface area contributed by atoms with E-state index in [-0.39, 0.29) is 29.2 Å². The average molecular weight is 423 g/mol. The summed E-state index contributed by atoms with van der Waals surface area (Å²) in [5.41, 5.74) is 1.46. The van der Waals surface area contributed by atoms with Crippen molar-refractivity contribution >= 4 is 17.7 Å². The van der Waals surface area contributed by atoms with Crippen LogP contribution in [0.15, 0.2) is 18.2 Å². The minimum Gasteiger partial charge on any atom is -0.376 e. The standard InChI is InChI=1S/C25H30N2O4/c28-22(26-14-25-10-15-6-16(11-25)8-17(7-15)12-25)18-3-4-20-21(9-18)24(30)27(23(20)29)13-19-2-1-5-31-19/h3-4,9,15-17,19H,1-2,5-8,10-14H2,(H,26,28). The van der Waals surface area contributed by atoms with Crippen molar-refractivity contribution in [3.63, 3.8) is 0 Å². The lowest BCUT2D eigenvalue weighted by atomic mass is 9.49. The zero-order valence-corrected chi connectivity index (χ0v) is 17.9. The largest absolute Gasteiger partial charge is 0.376 e. The molecule has 4 aliphatic carbocycles. The van der Waals surface area contributed by atoms with Crippen LogP contribution in [-0.2, 0) is 4.74 Å². The molecule has 164 valence electrons. The highest BCUT2D eigenvalue weighted by molar-refractivity contribution is 6.22. The van der Waals surface area contributed by atoms with Gasteiger partial charge in [-0.05, 0) is 92.7 Å². The summed E-state index contributed by atoms with van der Waals surface area (Å²) in [6, 6.07) is 4.90. The van der Waals surface area contributed by atoms with E-state index in [0.29, 0.717) is 29.8 Å². The molecule has 0 aromatic heterocycles. The molecule has 1 N–H and O–H groups in total. The number of imide groups is 1. The molecule has 6 nitrogen and oxygen atoms in total. The molecule has 0 spiro atoms. The number of carbonyl (C=O) groups is 3. The van der Waals surface area contributed by atoms with Gasteiger partial charge in [-0.25, -0.2) is 0 Å². The summed E-state index contributed by atoms with van der Waals surface area (Å²) in [4.78, 5) is 39.8. The fraction of sp³-hybridized carbons (Fsp3) is 0.640. The number of benzene rings is 1. The maximum absolute atomic E-state index is 12.9. The van der Waals surface area contributed by atoms with Gasteiger partial charge in [0.1, 0.15) is 0 Å². The van der Waals surface area contributed by atoms with E-state index < -0.39 is 0 Å². The minimum absolute atomic E-state index is 0.0785. The second-order valence-electron chi connectivity index (χ2n) is 10.7. The lowest BCUT2D eigenvalue weighted by molar-refractivity contribution is -0.0503. The van der Waals surface area contributed by atoms with E-state index in [1.807, 2.05) is 0 Å². The van der Waals surface area contributed by atoms with Gasteiger partial charge < -0.3 is 10.1 Å². The zero-order chi connectivity index (χ0) is 21.2. The third kappa shape index (κ3) is 3.30. The maximum Gasteiger partial charge on any atom is 0.261 e. The number of hydrogen-bond acceptors (Lipinski definition) is 4. The van der Waals surface area contributed by atoms with E-state index in [1.54, 1.807) is 18.2 Å². The number of ether oxygens (including phenoxy) is 1. The van der Waals surface area contributed by atoms with Gasteiger partial charge in [-0.15, -0.1) is 0 Å². The van der Waals surface area contributed by atoms with Crippen molar-refractivity contribution in [1.82, 2.24) is 10.2 Å². The Hall–Kier alpha value is -2.21. The van der Waals surface area contributed by atoms with Crippen LogP contribution in [0, 0.1) is 23.2 Å². The Morgan fingerprint density at radius 1 is 1.03 bits per heavy atom. The highest BCUT2D eigenvalue weighted by Crippen LogP contribution is 2.59. The number of nitrogens with one attached hydrogen (secondary N) is 1. The molecule has 3 amide bonds. The van der Waals surface area contributed by atoms with Gasteiger partial charge in [0, 0.05) is 18.7 Å². The van der Waals surface area contributed by atoms with E-state index >= 15 is 0 Å². The second-order valence-corrected chi connectivity index (χ2v) is 10.7. The topological polar surface area (TPSA) is 75.7 Å². The predicted molar refractivity (Wildman–Crippen MR) is 114 cm³/mol. The maximum atomic E-state index is 12.9. The quantitative estimate of drug-likeness (QED) is 0.738. The average Bonchev–Trinajstić information content (AvgIpc) is 3.34. The summed E-state index contributed by atoms with van der Waals surface area (Å²) in [5, 5.41) is 3.17. The van der Waals surface area contributed by atoms with E-state index in [0.717, 1.165) is 37.1 Å². The van der Waals surface area contributed by atoms with Crippen LogP contribution in [0.25, 0.3) is 0 Å². The van der Waals surface area contributed by atoms with Gasteiger partial charge in [0.05, 0.1) is 23.8 Å². The summed E-state index contributed by atoms with van der Waals surface area (Å²) < 4.78 is 5.59. The molecule has 6 heteroatoms. The van der Waals surface area contributed by atoms with Crippen molar-refractivity contribution in [3.8, 4) is 0 Å². The van der Waals surface area contributed by atoms with Gasteiger partial charge >= 0.3 is 0 Å². The Bertz CT molecular complexity index is 914. The summed E-state index contributed by atoms with van der Waals surface area (Å²) in [7, 11) is 0. The van der Waals surface area contributed by atoms with Crippen molar-refractivity contribution in [2.24, 2.45) is 23.2 Å². The highest BCUT2D eigenvalue weighted by atomic mass is 16.5. The van der Waals surface area contributed by atoms with Crippen LogP contribution in [0.2, 0.25) is 0 Å². The SMILES string of the molecule is O=C(NCC12CC3CC(CC(C3)C1)C2)c1ccc2c(c1)C(=O)N(CC1CCCO1)C2=O. The molecule has 4 saturated carbocycles. The van der Waals surface area contributed by atoms with Gasteiger partial charge in [-0.2, -0.15) is 0 Å². The number of carbonyl (C=O) groups excluding carboxylic acids is 3. The first-order valence-corrected chi connectivity index (χ1v) is 11.9. The highest BCUT2D eigenvalue weighted by Gasteiger charge is 2.50. The lowest BCUT2D eigenvalue weighted by Crippen LogP contribution is -2.51. The van der Waals surface area contributed by atoms with E-state index in [9.17, 15) is 14.4 Å². The third-order valence-electron chi connectivity index (χ3n) is 8.43. The van der Waals surface area contributed by atoms with Crippen molar-refractivity contribution in [2.45, 2.75) is 57.5 Å². The molecule has 5 fully saturated rings. The van der Waals surface area contributed by atoms with Crippen LogP contribution in [-0.4, -0.2) is 48.4 Å². The normalized spacial score (nSPS) is 35.7. The number of rotatable bonds is 5. The molecule has 7 rings (SSSR count). The van der Waals surface area contributed by atoms with Gasteiger partial charge in [-0.1, -0.05) is 0 Å². The van der Waals surface area contributed by atoms with Crippen LogP contribution in [0.3, 0.4) is 0 Å². The molecule has 1 aromatic carbocycles. The summed E-state index contributed by atoms with van der Waals surface area (Å²) in [6.07, 6.45) is 9.64. The molecule has 2 heterocycles. The monoisotopic (exact) mass is 422 g/mol. The third-order valence-corrected chi connectivity index (χ3v) is 8.43. The molecule has 1 saturated heterocycles. The molecular weight excluding hydrogens is 392 g/mol. The Labute approximate surface area is 182 Å². The minimum atomic E-state index is -0.314. The van der Waals surface area contributed by atoms with Crippen LogP contribution in [0.1, 0.15) is 82.4 Å².